The third kappa shape index (κ3) is 4.77. The molecule has 3 aromatic carbocycles. The number of ketones is 1. The summed E-state index contributed by atoms with van der Waals surface area (Å²) in [6.45, 7) is 0.406. The molecule has 1 aromatic heterocycles. The van der Waals surface area contributed by atoms with Crippen molar-refractivity contribution in [2.75, 3.05) is 0 Å². The van der Waals surface area contributed by atoms with Gasteiger partial charge < -0.3 is 4.74 Å². The molecule has 0 saturated carbocycles. The summed E-state index contributed by atoms with van der Waals surface area (Å²) in [6, 6.07) is 29.3. The monoisotopic (exact) mass is 379 g/mol. The van der Waals surface area contributed by atoms with Crippen molar-refractivity contribution in [2.24, 2.45) is 0 Å². The van der Waals surface area contributed by atoms with E-state index in [-0.39, 0.29) is 5.78 Å². The zero-order chi connectivity index (χ0) is 19.9. The number of carbonyl (C=O) groups excluding carboxylic acids is 1. The van der Waals surface area contributed by atoms with Gasteiger partial charge in [-0.3, -0.25) is 9.78 Å². The van der Waals surface area contributed by atoms with E-state index in [1.54, 1.807) is 6.20 Å². The van der Waals surface area contributed by atoms with Crippen molar-refractivity contribution < 1.29 is 9.53 Å². The normalized spacial score (nSPS) is 10.5. The van der Waals surface area contributed by atoms with Crippen molar-refractivity contribution in [1.29, 1.82) is 0 Å². The number of ether oxygens (including phenoxy) is 1. The Kier molecular flexibility index (Phi) is 5.77. The highest BCUT2D eigenvalue weighted by atomic mass is 16.5. The topological polar surface area (TPSA) is 39.2 Å². The maximum absolute atomic E-state index is 13.0. The van der Waals surface area contributed by atoms with E-state index in [4.69, 9.17) is 4.74 Å². The van der Waals surface area contributed by atoms with Gasteiger partial charge in [0, 0.05) is 24.4 Å². The largest absolute Gasteiger partial charge is 0.488 e. The molecular weight excluding hydrogens is 358 g/mol. The second-order valence-corrected chi connectivity index (χ2v) is 6.81. The van der Waals surface area contributed by atoms with E-state index in [0.29, 0.717) is 24.3 Å². The molecule has 4 aromatic rings. The molecule has 0 amide bonds. The van der Waals surface area contributed by atoms with E-state index in [1.807, 2.05) is 97.2 Å². The molecule has 0 radical (unpaired) electrons. The Morgan fingerprint density at radius 3 is 2.17 bits per heavy atom. The van der Waals surface area contributed by atoms with Crippen molar-refractivity contribution in [1.82, 2.24) is 4.98 Å². The van der Waals surface area contributed by atoms with E-state index >= 15 is 0 Å². The smallest absolute Gasteiger partial charge is 0.170 e. The lowest BCUT2D eigenvalue weighted by Gasteiger charge is -2.13. The van der Waals surface area contributed by atoms with E-state index in [0.717, 1.165) is 22.3 Å². The van der Waals surface area contributed by atoms with Crippen LogP contribution >= 0.6 is 0 Å². The van der Waals surface area contributed by atoms with Crippen LogP contribution in [0.4, 0.5) is 0 Å². The zero-order valence-electron chi connectivity index (χ0n) is 16.0. The number of Topliss-reactive ketones (excluding diaryl/α,β-unsaturated/α-hetero) is 1. The minimum absolute atomic E-state index is 0.0389. The van der Waals surface area contributed by atoms with Crippen LogP contribution in [0.15, 0.2) is 103 Å². The number of nitrogens with zero attached hydrogens (tertiary/aromatic N) is 1. The van der Waals surface area contributed by atoms with Gasteiger partial charge in [-0.15, -0.1) is 0 Å². The Balaban J connectivity index is 1.64. The summed E-state index contributed by atoms with van der Waals surface area (Å²) in [6.07, 6.45) is 3.89. The molecule has 0 aliphatic carbocycles. The van der Waals surface area contributed by atoms with Crippen LogP contribution in [0.25, 0.3) is 11.1 Å². The average molecular weight is 379 g/mol. The summed E-state index contributed by atoms with van der Waals surface area (Å²) in [5.41, 5.74) is 4.59. The minimum Gasteiger partial charge on any atom is -0.488 e. The third-order valence-corrected chi connectivity index (χ3v) is 4.72. The van der Waals surface area contributed by atoms with Gasteiger partial charge in [-0.2, -0.15) is 0 Å². The van der Waals surface area contributed by atoms with Crippen molar-refractivity contribution in [3.05, 3.63) is 120 Å². The first-order chi connectivity index (χ1) is 14.3. The van der Waals surface area contributed by atoms with Gasteiger partial charge in [0.15, 0.2) is 5.78 Å². The lowest BCUT2D eigenvalue weighted by atomic mass is 9.99. The lowest BCUT2D eigenvalue weighted by molar-refractivity contribution is 0.0988. The molecule has 0 spiro atoms. The fourth-order valence-electron chi connectivity index (χ4n) is 3.20. The SMILES string of the molecule is O=C(Cc1ccccc1)c1ccc(-c2cccnc2)cc1OCc1ccccc1. The predicted molar refractivity (Wildman–Crippen MR) is 115 cm³/mol. The van der Waals surface area contributed by atoms with Crippen LogP contribution in [-0.4, -0.2) is 10.8 Å². The number of hydrogen-bond acceptors (Lipinski definition) is 3. The van der Waals surface area contributed by atoms with Crippen LogP contribution in [0.2, 0.25) is 0 Å². The van der Waals surface area contributed by atoms with Crippen LogP contribution in [0.1, 0.15) is 21.5 Å². The Bertz CT molecular complexity index is 1080. The number of aromatic nitrogens is 1. The van der Waals surface area contributed by atoms with Crippen molar-refractivity contribution in [3.63, 3.8) is 0 Å². The summed E-state index contributed by atoms with van der Waals surface area (Å²) in [5, 5.41) is 0. The van der Waals surface area contributed by atoms with Gasteiger partial charge in [0.2, 0.25) is 0 Å². The molecule has 0 atom stereocenters. The van der Waals surface area contributed by atoms with Crippen LogP contribution < -0.4 is 4.74 Å². The van der Waals surface area contributed by atoms with Gasteiger partial charge in [-0.25, -0.2) is 0 Å². The molecule has 142 valence electrons. The maximum Gasteiger partial charge on any atom is 0.170 e. The first-order valence-corrected chi connectivity index (χ1v) is 9.58. The number of benzene rings is 3. The average Bonchev–Trinajstić information content (AvgIpc) is 2.79. The molecule has 4 rings (SSSR count). The van der Waals surface area contributed by atoms with Gasteiger partial charge >= 0.3 is 0 Å². The highest BCUT2D eigenvalue weighted by Crippen LogP contribution is 2.29. The molecule has 3 heteroatoms. The Morgan fingerprint density at radius 1 is 0.759 bits per heavy atom. The molecule has 0 aliphatic rings. The molecular formula is C26H21NO2. The molecule has 0 aliphatic heterocycles. The van der Waals surface area contributed by atoms with E-state index < -0.39 is 0 Å². The van der Waals surface area contributed by atoms with Gasteiger partial charge in [0.1, 0.15) is 12.4 Å². The number of hydrogen-bond donors (Lipinski definition) is 0. The van der Waals surface area contributed by atoms with Gasteiger partial charge in [-0.05, 0) is 34.9 Å². The van der Waals surface area contributed by atoms with Gasteiger partial charge in [-0.1, -0.05) is 72.8 Å². The quantitative estimate of drug-likeness (QED) is 0.384. The number of pyridine rings is 1. The number of rotatable bonds is 7. The minimum atomic E-state index is 0.0389. The molecule has 0 bridgehead atoms. The maximum atomic E-state index is 13.0. The fraction of sp³-hybridized carbons (Fsp3) is 0.0769. The molecule has 0 N–H and O–H groups in total. The predicted octanol–water partition coefficient (Wildman–Crippen LogP) is 5.75. The standard InChI is InChI=1S/C26H21NO2/c28-25(16-20-8-3-1-4-9-20)24-14-13-22(23-12-7-15-27-18-23)17-26(24)29-19-21-10-5-2-6-11-21/h1-15,17-18H,16,19H2. The first kappa shape index (κ1) is 18.6. The van der Waals surface area contributed by atoms with Crippen LogP contribution in [0.3, 0.4) is 0 Å². The second kappa shape index (κ2) is 8.98. The Hall–Kier alpha value is -3.72. The van der Waals surface area contributed by atoms with Crippen molar-refractivity contribution in [2.45, 2.75) is 13.0 Å². The number of carbonyl (C=O) groups is 1. The lowest BCUT2D eigenvalue weighted by Crippen LogP contribution is -2.07. The van der Waals surface area contributed by atoms with Gasteiger partial charge in [0.25, 0.3) is 0 Å². The summed E-state index contributed by atoms with van der Waals surface area (Å²) >= 11 is 0. The van der Waals surface area contributed by atoms with Crippen molar-refractivity contribution >= 4 is 5.78 Å². The summed E-state index contributed by atoms with van der Waals surface area (Å²) in [7, 11) is 0. The zero-order valence-corrected chi connectivity index (χ0v) is 16.0. The van der Waals surface area contributed by atoms with Crippen LogP contribution in [0.5, 0.6) is 5.75 Å². The van der Waals surface area contributed by atoms with Crippen LogP contribution in [-0.2, 0) is 13.0 Å². The summed E-state index contributed by atoms with van der Waals surface area (Å²) < 4.78 is 6.10. The van der Waals surface area contributed by atoms with E-state index in [2.05, 4.69) is 4.98 Å². The van der Waals surface area contributed by atoms with Gasteiger partial charge in [0.05, 0.1) is 5.56 Å². The first-order valence-electron chi connectivity index (χ1n) is 9.58. The molecule has 0 fully saturated rings. The second-order valence-electron chi connectivity index (χ2n) is 6.81. The van der Waals surface area contributed by atoms with Crippen molar-refractivity contribution in [3.8, 4) is 16.9 Å². The van der Waals surface area contributed by atoms with E-state index in [1.165, 1.54) is 0 Å². The highest BCUT2D eigenvalue weighted by Gasteiger charge is 2.15. The molecule has 3 nitrogen and oxygen atoms in total. The Labute approximate surface area is 170 Å². The summed E-state index contributed by atoms with van der Waals surface area (Å²) in [5.74, 6) is 0.633. The van der Waals surface area contributed by atoms with Crippen LogP contribution in [0, 0.1) is 0 Å². The molecule has 0 unspecified atom stereocenters. The fourth-order valence-corrected chi connectivity index (χ4v) is 3.20. The third-order valence-electron chi connectivity index (χ3n) is 4.72. The molecule has 0 saturated heterocycles. The summed E-state index contributed by atoms with van der Waals surface area (Å²) in [4.78, 5) is 17.2. The Morgan fingerprint density at radius 2 is 1.48 bits per heavy atom. The van der Waals surface area contributed by atoms with E-state index in [9.17, 15) is 4.79 Å². The highest BCUT2D eigenvalue weighted by molar-refractivity contribution is 6.00. The molecule has 1 heterocycles. The molecule has 29 heavy (non-hydrogen) atoms.